The minimum absolute atomic E-state index is 0.152. The third kappa shape index (κ3) is 2.46. The molecule has 5 heteroatoms. The molecule has 0 bridgehead atoms. The van der Waals surface area contributed by atoms with Crippen LogP contribution in [0.3, 0.4) is 0 Å². The smallest absolute Gasteiger partial charge is 0.329 e. The lowest BCUT2D eigenvalue weighted by atomic mass is 9.80. The van der Waals surface area contributed by atoms with Gasteiger partial charge in [0.15, 0.2) is 0 Å². The summed E-state index contributed by atoms with van der Waals surface area (Å²) in [6, 6.07) is 1.94. The number of aliphatic carboxylic acids is 1. The Hall–Kier alpha value is -1.36. The van der Waals surface area contributed by atoms with E-state index in [2.05, 4.69) is 0 Å². The van der Waals surface area contributed by atoms with Crippen LogP contribution in [0.25, 0.3) is 0 Å². The van der Waals surface area contributed by atoms with Gasteiger partial charge in [-0.15, -0.1) is 11.3 Å². The summed E-state index contributed by atoms with van der Waals surface area (Å²) in [7, 11) is 1.64. The van der Waals surface area contributed by atoms with Crippen molar-refractivity contribution in [1.29, 1.82) is 0 Å². The summed E-state index contributed by atoms with van der Waals surface area (Å²) in [5.41, 5.74) is -0.0205. The maximum Gasteiger partial charge on any atom is 0.329 e. The van der Waals surface area contributed by atoms with Crippen molar-refractivity contribution in [2.75, 3.05) is 7.05 Å². The molecule has 0 spiro atoms. The van der Waals surface area contributed by atoms with Crippen molar-refractivity contribution < 1.29 is 14.7 Å². The topological polar surface area (TPSA) is 57.6 Å². The van der Waals surface area contributed by atoms with Crippen molar-refractivity contribution in [3.05, 3.63) is 21.9 Å². The fourth-order valence-corrected chi connectivity index (χ4v) is 3.95. The third-order valence-corrected chi connectivity index (χ3v) is 5.29. The molecule has 1 aromatic rings. The van der Waals surface area contributed by atoms with E-state index in [1.165, 1.54) is 16.2 Å². The molecule has 1 aliphatic carbocycles. The summed E-state index contributed by atoms with van der Waals surface area (Å²) in [5, 5.41) is 11.5. The van der Waals surface area contributed by atoms with Crippen molar-refractivity contribution >= 4 is 23.2 Å². The second kappa shape index (κ2) is 5.95. The fraction of sp³-hybridized carbons (Fsp3) is 0.600. The van der Waals surface area contributed by atoms with E-state index in [0.717, 1.165) is 31.2 Å². The number of hydrogen-bond donors (Lipinski definition) is 1. The SMILES string of the molecule is CCc1ccsc1C(=O)N(C)C1(C(=O)O)CCCCC1. The second-order valence-corrected chi connectivity index (χ2v) is 6.31. The Labute approximate surface area is 123 Å². The Kier molecular flexibility index (Phi) is 4.48. The highest BCUT2D eigenvalue weighted by atomic mass is 32.1. The zero-order chi connectivity index (χ0) is 14.8. The fourth-order valence-electron chi connectivity index (χ4n) is 2.98. The minimum Gasteiger partial charge on any atom is -0.479 e. The molecule has 1 fully saturated rings. The summed E-state index contributed by atoms with van der Waals surface area (Å²) in [5.74, 6) is -1.02. The van der Waals surface area contributed by atoms with Crippen molar-refractivity contribution in [1.82, 2.24) is 4.90 Å². The number of amides is 1. The van der Waals surface area contributed by atoms with Crippen LogP contribution in [0.4, 0.5) is 0 Å². The van der Waals surface area contributed by atoms with Crippen LogP contribution in [-0.4, -0.2) is 34.5 Å². The van der Waals surface area contributed by atoms with Gasteiger partial charge in [-0.1, -0.05) is 26.2 Å². The van der Waals surface area contributed by atoms with Gasteiger partial charge in [0.25, 0.3) is 5.91 Å². The van der Waals surface area contributed by atoms with Gasteiger partial charge in [-0.2, -0.15) is 0 Å². The molecule has 0 aliphatic heterocycles. The highest BCUT2D eigenvalue weighted by molar-refractivity contribution is 7.12. The zero-order valence-electron chi connectivity index (χ0n) is 12.0. The van der Waals surface area contributed by atoms with E-state index in [1.807, 2.05) is 18.4 Å². The van der Waals surface area contributed by atoms with Crippen LogP contribution in [-0.2, 0) is 11.2 Å². The molecule has 1 N–H and O–H groups in total. The first kappa shape index (κ1) is 15.0. The zero-order valence-corrected chi connectivity index (χ0v) is 12.8. The summed E-state index contributed by atoms with van der Waals surface area (Å²) >= 11 is 1.40. The van der Waals surface area contributed by atoms with Gasteiger partial charge in [0.2, 0.25) is 0 Å². The normalized spacial score (nSPS) is 17.7. The lowest BCUT2D eigenvalue weighted by Gasteiger charge is -2.40. The molecular weight excluding hydrogens is 274 g/mol. The number of aryl methyl sites for hydroxylation is 1. The average Bonchev–Trinajstić information content (AvgIpc) is 2.94. The van der Waals surface area contributed by atoms with E-state index in [-0.39, 0.29) is 5.91 Å². The van der Waals surface area contributed by atoms with E-state index in [1.54, 1.807) is 7.05 Å². The number of hydrogen-bond acceptors (Lipinski definition) is 3. The molecule has 0 atom stereocenters. The highest BCUT2D eigenvalue weighted by Crippen LogP contribution is 2.35. The molecule has 110 valence electrons. The van der Waals surface area contributed by atoms with Gasteiger partial charge < -0.3 is 10.0 Å². The predicted octanol–water partition coefficient (Wildman–Crippen LogP) is 3.17. The van der Waals surface area contributed by atoms with Crippen molar-refractivity contribution in [3.63, 3.8) is 0 Å². The molecule has 1 aromatic heterocycles. The molecule has 0 saturated heterocycles. The number of carboxylic acids is 1. The summed E-state index contributed by atoms with van der Waals surface area (Å²) in [6.45, 7) is 2.01. The van der Waals surface area contributed by atoms with Gasteiger partial charge in [0.05, 0.1) is 4.88 Å². The number of carbonyl (C=O) groups is 2. The second-order valence-electron chi connectivity index (χ2n) is 5.39. The van der Waals surface area contributed by atoms with E-state index in [0.29, 0.717) is 17.7 Å². The van der Waals surface area contributed by atoms with Crippen molar-refractivity contribution in [2.45, 2.75) is 51.0 Å². The average molecular weight is 295 g/mol. The van der Waals surface area contributed by atoms with Crippen molar-refractivity contribution in [3.8, 4) is 0 Å². The maximum atomic E-state index is 12.7. The Balaban J connectivity index is 2.30. The lowest BCUT2D eigenvalue weighted by Crippen LogP contribution is -2.56. The molecule has 1 saturated carbocycles. The van der Waals surface area contributed by atoms with Crippen molar-refractivity contribution in [2.24, 2.45) is 0 Å². The number of rotatable bonds is 4. The van der Waals surface area contributed by atoms with Crippen LogP contribution >= 0.6 is 11.3 Å². The quantitative estimate of drug-likeness (QED) is 0.928. The molecule has 20 heavy (non-hydrogen) atoms. The monoisotopic (exact) mass is 295 g/mol. The molecule has 0 aromatic carbocycles. The summed E-state index contributed by atoms with van der Waals surface area (Å²) < 4.78 is 0. The standard InChI is InChI=1S/C15H21NO3S/c1-3-11-7-10-20-12(11)13(17)16(2)15(14(18)19)8-5-4-6-9-15/h7,10H,3-6,8-9H2,1-2H3,(H,18,19). The molecular formula is C15H21NO3S. The predicted molar refractivity (Wildman–Crippen MR) is 79.2 cm³/mol. The van der Waals surface area contributed by atoms with Crippen LogP contribution < -0.4 is 0 Å². The summed E-state index contributed by atoms with van der Waals surface area (Å²) in [4.78, 5) is 26.6. The maximum absolute atomic E-state index is 12.7. The number of carbonyl (C=O) groups excluding carboxylic acids is 1. The first-order valence-electron chi connectivity index (χ1n) is 7.11. The largest absolute Gasteiger partial charge is 0.479 e. The van der Waals surface area contributed by atoms with E-state index < -0.39 is 11.5 Å². The Bertz CT molecular complexity index is 503. The number of thiophene rings is 1. The molecule has 4 nitrogen and oxygen atoms in total. The Morgan fingerprint density at radius 2 is 2.00 bits per heavy atom. The van der Waals surface area contributed by atoms with E-state index >= 15 is 0 Å². The highest BCUT2D eigenvalue weighted by Gasteiger charge is 2.46. The number of nitrogens with zero attached hydrogens (tertiary/aromatic N) is 1. The molecule has 2 rings (SSSR count). The van der Waals surface area contributed by atoms with E-state index in [4.69, 9.17) is 0 Å². The molecule has 1 heterocycles. The Morgan fingerprint density at radius 1 is 1.35 bits per heavy atom. The van der Waals surface area contributed by atoms with Gasteiger partial charge in [0, 0.05) is 7.05 Å². The molecule has 0 unspecified atom stereocenters. The molecule has 1 amide bonds. The van der Waals surface area contributed by atoms with Crippen LogP contribution in [0.2, 0.25) is 0 Å². The van der Waals surface area contributed by atoms with Crippen LogP contribution in [0, 0.1) is 0 Å². The first-order valence-corrected chi connectivity index (χ1v) is 7.99. The van der Waals surface area contributed by atoms with Gasteiger partial charge >= 0.3 is 5.97 Å². The van der Waals surface area contributed by atoms with Crippen LogP contribution in [0.1, 0.15) is 54.3 Å². The van der Waals surface area contributed by atoms with Gasteiger partial charge in [-0.25, -0.2) is 4.79 Å². The van der Waals surface area contributed by atoms with E-state index in [9.17, 15) is 14.7 Å². The lowest BCUT2D eigenvalue weighted by molar-refractivity contribution is -0.151. The van der Waals surface area contributed by atoms with Crippen LogP contribution in [0.5, 0.6) is 0 Å². The minimum atomic E-state index is -1.02. The summed E-state index contributed by atoms with van der Waals surface area (Å²) in [6.07, 6.45) is 4.69. The number of likely N-dealkylation sites (N-methyl/N-ethyl adjacent to an activating group) is 1. The van der Waals surface area contributed by atoms with Gasteiger partial charge in [-0.3, -0.25) is 4.79 Å². The van der Waals surface area contributed by atoms with Gasteiger partial charge in [-0.05, 0) is 36.3 Å². The molecule has 1 aliphatic rings. The Morgan fingerprint density at radius 3 is 2.55 bits per heavy atom. The van der Waals surface area contributed by atoms with Gasteiger partial charge in [0.1, 0.15) is 5.54 Å². The molecule has 0 radical (unpaired) electrons. The van der Waals surface area contributed by atoms with Crippen LogP contribution in [0.15, 0.2) is 11.4 Å². The third-order valence-electron chi connectivity index (χ3n) is 4.35. The first-order chi connectivity index (χ1) is 9.53. The number of carboxylic acid groups (broad SMARTS) is 1.